The van der Waals surface area contributed by atoms with Gasteiger partial charge in [-0.3, -0.25) is 24.0 Å². The number of sulfonamides is 1. The molecule has 3 fully saturated rings. The predicted molar refractivity (Wildman–Crippen MR) is 184 cm³/mol. The van der Waals surface area contributed by atoms with E-state index in [9.17, 15) is 32.0 Å². The van der Waals surface area contributed by atoms with Gasteiger partial charge in [0, 0.05) is 37.3 Å². The van der Waals surface area contributed by atoms with Crippen LogP contribution in [0.4, 0.5) is 9.18 Å². The summed E-state index contributed by atoms with van der Waals surface area (Å²) in [5.41, 5.74) is -0.0960. The van der Waals surface area contributed by atoms with Gasteiger partial charge < -0.3 is 14.1 Å². The first-order chi connectivity index (χ1) is 24.4. The van der Waals surface area contributed by atoms with Crippen LogP contribution >= 0.6 is 0 Å². The molecule has 0 radical (unpaired) electrons. The van der Waals surface area contributed by atoms with Gasteiger partial charge in [-0.1, -0.05) is 37.1 Å². The number of Topliss-reactive ketones (excluding diaryl/α,β-unsaturated/α-hetero) is 1. The normalized spacial score (nSPS) is 29.0. The minimum absolute atomic E-state index is 0.00504. The minimum Gasteiger partial charge on any atom is -0.466 e. The fourth-order valence-corrected chi connectivity index (χ4v) is 9.45. The second-order valence-electron chi connectivity index (χ2n) is 15.1. The zero-order valence-corrected chi connectivity index (χ0v) is 29.8. The standard InChI is InChI=1S/C38H46FN3O8S/c1-24-12-14-28(49-24)15-13-25-8-5-3-2-4-6-10-27-19-38(27,36(45)40-51(47,48)30-16-17-30)20-34(43)33-18-29(22-42(33)35(25)44)50-37(46)41-21-26-9-7-11-32(39)31(26)23-41/h6-7,9-12,14,25,27,29-30,33H,2-5,8,13,15-23H2,1H3,(H,40,45)/b10-6-/t25-,27-,29-,33+,38-/m1/s1. The lowest BCUT2D eigenvalue weighted by Crippen LogP contribution is -2.46. The number of nitrogens with zero attached hydrogens (tertiary/aromatic N) is 2. The first-order valence-corrected chi connectivity index (χ1v) is 19.8. The number of amides is 3. The van der Waals surface area contributed by atoms with Gasteiger partial charge in [0.1, 0.15) is 23.4 Å². The van der Waals surface area contributed by atoms with E-state index >= 15 is 0 Å². The lowest BCUT2D eigenvalue weighted by atomic mass is 9.90. The Morgan fingerprint density at radius 1 is 1.08 bits per heavy atom. The number of halogens is 1. The van der Waals surface area contributed by atoms with Crippen LogP contribution in [0.3, 0.4) is 0 Å². The van der Waals surface area contributed by atoms with E-state index in [1.54, 1.807) is 12.1 Å². The average Bonchev–Trinajstić information content (AvgIpc) is 3.91. The molecule has 13 heteroatoms. The number of allylic oxidation sites excluding steroid dienone is 2. The lowest BCUT2D eigenvalue weighted by Gasteiger charge is -2.29. The van der Waals surface area contributed by atoms with Crippen molar-refractivity contribution < 1.29 is 41.1 Å². The highest BCUT2D eigenvalue weighted by molar-refractivity contribution is 7.90. The minimum atomic E-state index is -3.84. The quantitative estimate of drug-likeness (QED) is 0.370. The third-order valence-electron chi connectivity index (χ3n) is 11.3. The van der Waals surface area contributed by atoms with E-state index in [0.29, 0.717) is 49.7 Å². The number of hydrogen-bond acceptors (Lipinski definition) is 8. The number of nitrogens with one attached hydrogen (secondary N) is 1. The Kier molecular flexibility index (Phi) is 9.86. The van der Waals surface area contributed by atoms with Crippen molar-refractivity contribution in [2.24, 2.45) is 17.3 Å². The molecule has 1 saturated heterocycles. The van der Waals surface area contributed by atoms with Crippen LogP contribution in [0.5, 0.6) is 0 Å². The van der Waals surface area contributed by atoms with E-state index in [1.807, 2.05) is 31.2 Å². The maximum absolute atomic E-state index is 14.5. The molecule has 11 nitrogen and oxygen atoms in total. The number of rotatable bonds is 7. The molecule has 0 unspecified atom stereocenters. The molecule has 5 aliphatic rings. The van der Waals surface area contributed by atoms with Crippen LogP contribution in [0.2, 0.25) is 0 Å². The summed E-state index contributed by atoms with van der Waals surface area (Å²) < 4.78 is 54.0. The molecular formula is C38H46FN3O8S. The summed E-state index contributed by atoms with van der Waals surface area (Å²) >= 11 is 0. The average molecular weight is 724 g/mol. The Morgan fingerprint density at radius 3 is 2.65 bits per heavy atom. The van der Waals surface area contributed by atoms with Crippen LogP contribution in [0.15, 0.2) is 46.9 Å². The van der Waals surface area contributed by atoms with Crippen molar-refractivity contribution in [3.05, 3.63) is 70.9 Å². The van der Waals surface area contributed by atoms with Gasteiger partial charge in [0.25, 0.3) is 0 Å². The highest BCUT2D eigenvalue weighted by Crippen LogP contribution is 2.57. The molecule has 3 aliphatic heterocycles. The summed E-state index contributed by atoms with van der Waals surface area (Å²) in [4.78, 5) is 58.8. The summed E-state index contributed by atoms with van der Waals surface area (Å²) in [7, 11) is -3.84. The van der Waals surface area contributed by atoms with Gasteiger partial charge in [-0.2, -0.15) is 0 Å². The maximum atomic E-state index is 14.5. The summed E-state index contributed by atoms with van der Waals surface area (Å²) in [6, 6.07) is 7.54. The molecule has 2 aromatic rings. The van der Waals surface area contributed by atoms with Gasteiger partial charge in [-0.15, -0.1) is 0 Å². The zero-order valence-electron chi connectivity index (χ0n) is 29.0. The Morgan fingerprint density at radius 2 is 1.90 bits per heavy atom. The van der Waals surface area contributed by atoms with E-state index in [2.05, 4.69) is 4.72 Å². The molecule has 0 spiro atoms. The van der Waals surface area contributed by atoms with E-state index in [0.717, 1.165) is 37.2 Å². The van der Waals surface area contributed by atoms with Gasteiger partial charge in [-0.25, -0.2) is 17.6 Å². The Hall–Kier alpha value is -4.00. The van der Waals surface area contributed by atoms with E-state index in [4.69, 9.17) is 9.15 Å². The van der Waals surface area contributed by atoms with Crippen molar-refractivity contribution in [1.29, 1.82) is 0 Å². The summed E-state index contributed by atoms with van der Waals surface area (Å²) in [5, 5.41) is -0.594. The number of carbonyl (C=O) groups excluding carboxylic acids is 4. The summed E-state index contributed by atoms with van der Waals surface area (Å²) in [6.07, 6.45) is 8.69. The Balaban J connectivity index is 1.13. The largest absolute Gasteiger partial charge is 0.466 e. The number of ketones is 1. The fourth-order valence-electron chi connectivity index (χ4n) is 8.06. The van der Waals surface area contributed by atoms with Crippen LogP contribution in [-0.4, -0.2) is 65.8 Å². The number of ether oxygens (including phenoxy) is 1. The number of carbonyl (C=O) groups is 4. The third kappa shape index (κ3) is 7.64. The van der Waals surface area contributed by atoms with Gasteiger partial charge in [0.15, 0.2) is 5.78 Å². The van der Waals surface area contributed by atoms with Crippen molar-refractivity contribution in [3.8, 4) is 0 Å². The first-order valence-electron chi connectivity index (χ1n) is 18.3. The van der Waals surface area contributed by atoms with Crippen molar-refractivity contribution in [3.63, 3.8) is 0 Å². The topological polar surface area (TPSA) is 143 Å². The highest BCUT2D eigenvalue weighted by Gasteiger charge is 2.61. The molecule has 1 N–H and O–H groups in total. The smallest absolute Gasteiger partial charge is 0.410 e. The molecule has 3 amide bonds. The van der Waals surface area contributed by atoms with Gasteiger partial charge in [0.05, 0.1) is 29.8 Å². The van der Waals surface area contributed by atoms with Gasteiger partial charge in [0.2, 0.25) is 21.8 Å². The number of fused-ring (bicyclic) bond motifs is 3. The van der Waals surface area contributed by atoms with E-state index in [1.165, 1.54) is 15.9 Å². The molecule has 1 aromatic heterocycles. The maximum Gasteiger partial charge on any atom is 0.410 e. The van der Waals surface area contributed by atoms with Crippen LogP contribution < -0.4 is 4.72 Å². The monoisotopic (exact) mass is 723 g/mol. The lowest BCUT2D eigenvalue weighted by molar-refractivity contribution is -0.142. The third-order valence-corrected chi connectivity index (χ3v) is 13.1. The Labute approximate surface area is 298 Å². The molecule has 51 heavy (non-hydrogen) atoms. The number of hydrogen-bond donors (Lipinski definition) is 1. The van der Waals surface area contributed by atoms with Crippen molar-refractivity contribution in [2.75, 3.05) is 6.54 Å². The van der Waals surface area contributed by atoms with E-state index in [-0.39, 0.29) is 50.1 Å². The van der Waals surface area contributed by atoms with Crippen molar-refractivity contribution >= 4 is 33.7 Å². The molecule has 2 saturated carbocycles. The van der Waals surface area contributed by atoms with Crippen LogP contribution in [0, 0.1) is 30.0 Å². The zero-order chi connectivity index (χ0) is 35.9. The molecule has 5 atom stereocenters. The molecule has 0 bridgehead atoms. The summed E-state index contributed by atoms with van der Waals surface area (Å²) in [5.74, 6) is -0.784. The molecule has 274 valence electrons. The van der Waals surface area contributed by atoms with Gasteiger partial charge in [-0.05, 0) is 81.5 Å². The van der Waals surface area contributed by atoms with E-state index < -0.39 is 56.6 Å². The molecule has 4 heterocycles. The molecule has 1 aromatic carbocycles. The SMILES string of the molecule is Cc1ccc(CC[C@H]2CCCCC/C=C\[C@@H]3C[C@@]3(C(=O)NS(=O)(=O)C3CC3)CC(=O)[C@@H]3C[C@@H](OC(=O)N4Cc5cccc(F)c5C4)CN3C2=O)o1. The highest BCUT2D eigenvalue weighted by atomic mass is 32.2. The predicted octanol–water partition coefficient (Wildman–Crippen LogP) is 5.49. The second-order valence-corrected chi connectivity index (χ2v) is 17.0. The Bertz CT molecular complexity index is 1840. The van der Waals surface area contributed by atoms with Crippen LogP contribution in [-0.2, 0) is 48.7 Å². The second kappa shape index (κ2) is 14.2. The van der Waals surface area contributed by atoms with Crippen molar-refractivity contribution in [2.45, 2.75) is 114 Å². The number of benzene rings is 1. The number of aryl methyl sites for hydroxylation is 2. The number of furan rings is 1. The molecular weight excluding hydrogens is 677 g/mol. The van der Waals surface area contributed by atoms with Crippen molar-refractivity contribution in [1.82, 2.24) is 14.5 Å². The van der Waals surface area contributed by atoms with Gasteiger partial charge >= 0.3 is 6.09 Å². The molecule has 7 rings (SSSR count). The van der Waals surface area contributed by atoms with Crippen LogP contribution in [0.25, 0.3) is 0 Å². The summed E-state index contributed by atoms with van der Waals surface area (Å²) in [6.45, 7) is 2.12. The first kappa shape index (κ1) is 35.4. The fraction of sp³-hybridized carbons (Fsp3) is 0.579. The molecule has 2 aliphatic carbocycles. The van der Waals surface area contributed by atoms with Crippen LogP contribution in [0.1, 0.15) is 93.3 Å².